The molecule has 6 heteroatoms. The van der Waals surface area contributed by atoms with Crippen LogP contribution < -0.4 is 4.90 Å². The normalized spacial score (nSPS) is 17.5. The first kappa shape index (κ1) is 19.3. The first-order chi connectivity index (χ1) is 12.7. The second kappa shape index (κ2) is 9.44. The van der Waals surface area contributed by atoms with Gasteiger partial charge in [-0.3, -0.25) is 9.88 Å². The summed E-state index contributed by atoms with van der Waals surface area (Å²) in [5, 5.41) is 3.32. The van der Waals surface area contributed by atoms with Crippen LogP contribution in [0.1, 0.15) is 33.6 Å². The number of hydrogen-bond acceptors (Lipinski definition) is 6. The van der Waals surface area contributed by atoms with Crippen LogP contribution in [0, 0.1) is 5.92 Å². The lowest BCUT2D eigenvalue weighted by Crippen LogP contribution is -2.51. The van der Waals surface area contributed by atoms with Gasteiger partial charge in [0.15, 0.2) is 5.82 Å². The van der Waals surface area contributed by atoms with Crippen molar-refractivity contribution in [1.82, 2.24) is 14.9 Å². The Labute approximate surface area is 161 Å². The van der Waals surface area contributed by atoms with Crippen molar-refractivity contribution in [3.63, 3.8) is 0 Å². The van der Waals surface area contributed by atoms with Gasteiger partial charge in [0, 0.05) is 19.0 Å². The Kier molecular flexibility index (Phi) is 7.00. The molecule has 2 aromatic rings. The number of anilines is 2. The summed E-state index contributed by atoms with van der Waals surface area (Å²) in [5.41, 5.74) is 0. The SMILES string of the molecule is CC(C)COCC(C(C)N(c1cnccn1)c1cccs1)N1CCCC1. The van der Waals surface area contributed by atoms with Gasteiger partial charge in [0.05, 0.1) is 29.9 Å². The zero-order valence-corrected chi connectivity index (χ0v) is 16.9. The van der Waals surface area contributed by atoms with Crippen LogP contribution in [0.15, 0.2) is 36.1 Å². The largest absolute Gasteiger partial charge is 0.379 e. The summed E-state index contributed by atoms with van der Waals surface area (Å²) in [6.07, 6.45) is 7.90. The summed E-state index contributed by atoms with van der Waals surface area (Å²) in [5.74, 6) is 1.45. The fraction of sp³-hybridized carbons (Fsp3) is 0.600. The van der Waals surface area contributed by atoms with Gasteiger partial charge in [0.2, 0.25) is 0 Å². The highest BCUT2D eigenvalue weighted by molar-refractivity contribution is 7.14. The van der Waals surface area contributed by atoms with Crippen molar-refractivity contribution in [1.29, 1.82) is 0 Å². The van der Waals surface area contributed by atoms with E-state index in [0.717, 1.165) is 32.1 Å². The molecule has 1 aliphatic heterocycles. The number of hydrogen-bond donors (Lipinski definition) is 0. The van der Waals surface area contributed by atoms with E-state index in [2.05, 4.69) is 58.1 Å². The van der Waals surface area contributed by atoms with E-state index in [-0.39, 0.29) is 6.04 Å². The molecule has 0 bridgehead atoms. The molecule has 0 aliphatic carbocycles. The molecule has 142 valence electrons. The van der Waals surface area contributed by atoms with E-state index in [4.69, 9.17) is 4.74 Å². The fourth-order valence-electron chi connectivity index (χ4n) is 3.56. The van der Waals surface area contributed by atoms with E-state index >= 15 is 0 Å². The lowest BCUT2D eigenvalue weighted by Gasteiger charge is -2.39. The van der Waals surface area contributed by atoms with Crippen LogP contribution >= 0.6 is 11.3 Å². The highest BCUT2D eigenvalue weighted by Gasteiger charge is 2.32. The molecule has 3 heterocycles. The van der Waals surface area contributed by atoms with Crippen molar-refractivity contribution < 1.29 is 4.74 Å². The van der Waals surface area contributed by atoms with Gasteiger partial charge in [-0.25, -0.2) is 4.98 Å². The van der Waals surface area contributed by atoms with Gasteiger partial charge < -0.3 is 9.64 Å². The van der Waals surface area contributed by atoms with Gasteiger partial charge >= 0.3 is 0 Å². The van der Waals surface area contributed by atoms with E-state index in [1.807, 2.05) is 6.20 Å². The van der Waals surface area contributed by atoms with Gasteiger partial charge in [0.25, 0.3) is 0 Å². The zero-order valence-electron chi connectivity index (χ0n) is 16.0. The van der Waals surface area contributed by atoms with Gasteiger partial charge in [-0.1, -0.05) is 13.8 Å². The van der Waals surface area contributed by atoms with Gasteiger partial charge in [-0.05, 0) is 56.3 Å². The molecule has 5 nitrogen and oxygen atoms in total. The third-order valence-corrected chi connectivity index (χ3v) is 5.72. The van der Waals surface area contributed by atoms with Crippen LogP contribution in [0.5, 0.6) is 0 Å². The maximum Gasteiger partial charge on any atom is 0.152 e. The Bertz CT molecular complexity index is 629. The number of nitrogens with zero attached hydrogens (tertiary/aromatic N) is 4. The zero-order chi connectivity index (χ0) is 18.4. The Morgan fingerprint density at radius 2 is 2.00 bits per heavy atom. The predicted molar refractivity (Wildman–Crippen MR) is 108 cm³/mol. The average molecular weight is 375 g/mol. The molecule has 1 aliphatic rings. The Balaban J connectivity index is 1.84. The molecule has 0 amide bonds. The van der Waals surface area contributed by atoms with Crippen molar-refractivity contribution in [3.05, 3.63) is 36.1 Å². The third-order valence-electron chi connectivity index (χ3n) is 4.85. The minimum atomic E-state index is 0.246. The number of ether oxygens (including phenoxy) is 1. The first-order valence-corrected chi connectivity index (χ1v) is 10.5. The Morgan fingerprint density at radius 1 is 1.19 bits per heavy atom. The van der Waals surface area contributed by atoms with Crippen molar-refractivity contribution in [2.24, 2.45) is 5.92 Å². The second-order valence-electron chi connectivity index (χ2n) is 7.37. The lowest BCUT2D eigenvalue weighted by atomic mass is 10.1. The summed E-state index contributed by atoms with van der Waals surface area (Å²) < 4.78 is 6.09. The van der Waals surface area contributed by atoms with E-state index in [0.29, 0.717) is 12.0 Å². The Morgan fingerprint density at radius 3 is 2.62 bits per heavy atom. The van der Waals surface area contributed by atoms with E-state index < -0.39 is 0 Å². The molecule has 1 fully saturated rings. The summed E-state index contributed by atoms with van der Waals surface area (Å²) in [7, 11) is 0. The monoisotopic (exact) mass is 374 g/mol. The first-order valence-electron chi connectivity index (χ1n) is 9.57. The quantitative estimate of drug-likeness (QED) is 0.658. The smallest absolute Gasteiger partial charge is 0.152 e. The van der Waals surface area contributed by atoms with Crippen molar-refractivity contribution in [2.45, 2.75) is 45.7 Å². The van der Waals surface area contributed by atoms with Gasteiger partial charge in [0.1, 0.15) is 0 Å². The summed E-state index contributed by atoms with van der Waals surface area (Å²) in [6, 6.07) is 4.83. The molecule has 26 heavy (non-hydrogen) atoms. The van der Waals surface area contributed by atoms with E-state index in [9.17, 15) is 0 Å². The topological polar surface area (TPSA) is 41.5 Å². The highest BCUT2D eigenvalue weighted by atomic mass is 32.1. The molecule has 0 saturated carbocycles. The molecule has 2 aromatic heterocycles. The number of likely N-dealkylation sites (tertiary alicyclic amines) is 1. The highest BCUT2D eigenvalue weighted by Crippen LogP contribution is 2.32. The van der Waals surface area contributed by atoms with E-state index in [1.165, 1.54) is 17.8 Å². The van der Waals surface area contributed by atoms with Crippen LogP contribution in [0.4, 0.5) is 10.8 Å². The maximum atomic E-state index is 6.09. The summed E-state index contributed by atoms with van der Waals surface area (Å²) in [6.45, 7) is 10.5. The minimum absolute atomic E-state index is 0.246. The minimum Gasteiger partial charge on any atom is -0.379 e. The average Bonchev–Trinajstić information content (AvgIpc) is 3.34. The van der Waals surface area contributed by atoms with Crippen LogP contribution in [0.2, 0.25) is 0 Å². The van der Waals surface area contributed by atoms with Crippen molar-refractivity contribution >= 4 is 22.2 Å². The lowest BCUT2D eigenvalue weighted by molar-refractivity contribution is 0.0471. The predicted octanol–water partition coefficient (Wildman–Crippen LogP) is 4.20. The van der Waals surface area contributed by atoms with Crippen molar-refractivity contribution in [2.75, 3.05) is 31.2 Å². The molecule has 2 atom stereocenters. The molecule has 1 saturated heterocycles. The molecule has 0 aromatic carbocycles. The molecule has 0 radical (unpaired) electrons. The number of thiophene rings is 1. The Hall–Kier alpha value is -1.50. The van der Waals surface area contributed by atoms with Crippen LogP contribution in [-0.2, 0) is 4.74 Å². The molecule has 2 unspecified atom stereocenters. The summed E-state index contributed by atoms with van der Waals surface area (Å²) in [4.78, 5) is 13.8. The fourth-order valence-corrected chi connectivity index (χ4v) is 4.39. The van der Waals surface area contributed by atoms with Gasteiger partial charge in [-0.2, -0.15) is 0 Å². The number of rotatable bonds is 9. The molecule has 0 N–H and O–H groups in total. The van der Waals surface area contributed by atoms with Crippen molar-refractivity contribution in [3.8, 4) is 0 Å². The molecule has 3 rings (SSSR count). The number of aromatic nitrogens is 2. The molecular formula is C20H30N4OS. The van der Waals surface area contributed by atoms with E-state index in [1.54, 1.807) is 23.7 Å². The molecular weight excluding hydrogens is 344 g/mol. The van der Waals surface area contributed by atoms with Crippen LogP contribution in [-0.4, -0.2) is 53.3 Å². The van der Waals surface area contributed by atoms with Crippen LogP contribution in [0.3, 0.4) is 0 Å². The van der Waals surface area contributed by atoms with Gasteiger partial charge in [-0.15, -0.1) is 11.3 Å². The standard InChI is InChI=1S/C20H30N4OS/c1-16(2)14-25-15-18(23-10-4-5-11-23)17(3)24(20-7-6-12-26-20)19-13-21-8-9-22-19/h6-9,12-13,16-18H,4-5,10-11,14-15H2,1-3H3. The molecule has 0 spiro atoms. The second-order valence-corrected chi connectivity index (χ2v) is 8.29. The summed E-state index contributed by atoms with van der Waals surface area (Å²) >= 11 is 1.74. The maximum absolute atomic E-state index is 6.09. The third kappa shape index (κ3) is 4.81. The van der Waals surface area contributed by atoms with Crippen LogP contribution in [0.25, 0.3) is 0 Å².